The van der Waals surface area contributed by atoms with Crippen LogP contribution in [0.5, 0.6) is 0 Å². The molecule has 0 unspecified atom stereocenters. The van der Waals surface area contributed by atoms with Crippen molar-refractivity contribution in [1.29, 1.82) is 0 Å². The van der Waals surface area contributed by atoms with Gasteiger partial charge in [0, 0.05) is 0 Å². The van der Waals surface area contributed by atoms with Crippen molar-refractivity contribution in [2.45, 2.75) is 11.8 Å². The summed E-state index contributed by atoms with van der Waals surface area (Å²) in [5, 5.41) is 2.48. The SMILES string of the molecule is CCOC(=O)CNC(=S)NNS(=O)(=O)c1ccccc1. The molecule has 110 valence electrons. The van der Waals surface area contributed by atoms with Gasteiger partial charge in [-0.3, -0.25) is 10.2 Å². The highest BCUT2D eigenvalue weighted by atomic mass is 32.2. The number of carbonyl (C=O) groups excluding carboxylic acids is 1. The van der Waals surface area contributed by atoms with Crippen LogP contribution in [-0.2, 0) is 19.6 Å². The van der Waals surface area contributed by atoms with Gasteiger partial charge in [-0.1, -0.05) is 18.2 Å². The van der Waals surface area contributed by atoms with Gasteiger partial charge in [-0.15, -0.1) is 4.83 Å². The average molecular weight is 317 g/mol. The van der Waals surface area contributed by atoms with Crippen molar-refractivity contribution >= 4 is 33.3 Å². The van der Waals surface area contributed by atoms with Crippen LogP contribution in [0.3, 0.4) is 0 Å². The summed E-state index contributed by atoms with van der Waals surface area (Å²) in [5.41, 5.74) is 2.29. The normalized spacial score (nSPS) is 10.7. The minimum absolute atomic E-state index is 0.0300. The van der Waals surface area contributed by atoms with E-state index in [0.717, 1.165) is 0 Å². The third-order valence-electron chi connectivity index (χ3n) is 2.05. The summed E-state index contributed by atoms with van der Waals surface area (Å²) < 4.78 is 28.3. The molecule has 0 aliphatic carbocycles. The fourth-order valence-corrected chi connectivity index (χ4v) is 2.24. The molecule has 0 saturated carbocycles. The predicted octanol–water partition coefficient (Wildman–Crippen LogP) is -0.0929. The van der Waals surface area contributed by atoms with Gasteiger partial charge in [0.2, 0.25) is 0 Å². The highest BCUT2D eigenvalue weighted by molar-refractivity contribution is 7.89. The van der Waals surface area contributed by atoms with Crippen molar-refractivity contribution in [3.8, 4) is 0 Å². The molecule has 0 heterocycles. The molecular formula is C11H15N3O4S2. The summed E-state index contributed by atoms with van der Waals surface area (Å²) >= 11 is 4.82. The number of nitrogens with one attached hydrogen (secondary N) is 3. The highest BCUT2D eigenvalue weighted by Gasteiger charge is 2.13. The molecule has 20 heavy (non-hydrogen) atoms. The molecule has 7 nitrogen and oxygen atoms in total. The van der Waals surface area contributed by atoms with Gasteiger partial charge in [-0.2, -0.15) is 0 Å². The second-order valence-electron chi connectivity index (χ2n) is 3.53. The number of sulfonamides is 1. The molecular weight excluding hydrogens is 302 g/mol. The first-order valence-electron chi connectivity index (χ1n) is 5.72. The first kappa shape index (κ1) is 16.3. The molecule has 0 bridgehead atoms. The molecule has 0 fully saturated rings. The van der Waals surface area contributed by atoms with Gasteiger partial charge in [-0.05, 0) is 31.3 Å². The molecule has 0 atom stereocenters. The van der Waals surface area contributed by atoms with E-state index in [0.29, 0.717) is 0 Å². The van der Waals surface area contributed by atoms with Gasteiger partial charge in [0.1, 0.15) is 6.54 Å². The van der Waals surface area contributed by atoms with Crippen LogP contribution in [0.15, 0.2) is 35.2 Å². The lowest BCUT2D eigenvalue weighted by Crippen LogP contribution is -2.47. The molecule has 0 saturated heterocycles. The largest absolute Gasteiger partial charge is 0.465 e. The smallest absolute Gasteiger partial charge is 0.325 e. The van der Waals surface area contributed by atoms with Crippen LogP contribution in [0.4, 0.5) is 0 Å². The molecule has 0 aliphatic rings. The molecule has 1 aromatic carbocycles. The Bertz CT molecular complexity index is 560. The van der Waals surface area contributed by atoms with Crippen molar-refractivity contribution in [3.05, 3.63) is 30.3 Å². The zero-order valence-corrected chi connectivity index (χ0v) is 12.4. The molecule has 1 aromatic rings. The maximum absolute atomic E-state index is 11.8. The van der Waals surface area contributed by atoms with Crippen LogP contribution in [0.1, 0.15) is 6.92 Å². The number of hydrazine groups is 1. The zero-order chi connectivity index (χ0) is 15.0. The van der Waals surface area contributed by atoms with Crippen molar-refractivity contribution in [1.82, 2.24) is 15.6 Å². The Balaban J connectivity index is 2.43. The Kier molecular flexibility index (Phi) is 6.36. The Labute approximate surface area is 122 Å². The topological polar surface area (TPSA) is 96.5 Å². The van der Waals surface area contributed by atoms with E-state index in [1.54, 1.807) is 25.1 Å². The lowest BCUT2D eigenvalue weighted by Gasteiger charge is -2.11. The number of hydrogen-bond donors (Lipinski definition) is 3. The summed E-state index contributed by atoms with van der Waals surface area (Å²) in [5.74, 6) is -0.484. The zero-order valence-electron chi connectivity index (χ0n) is 10.8. The lowest BCUT2D eigenvalue weighted by atomic mass is 10.4. The molecule has 0 spiro atoms. The second-order valence-corrected chi connectivity index (χ2v) is 5.62. The van der Waals surface area contributed by atoms with Crippen LogP contribution >= 0.6 is 12.2 Å². The minimum atomic E-state index is -3.71. The maximum Gasteiger partial charge on any atom is 0.325 e. The Morgan fingerprint density at radius 3 is 2.55 bits per heavy atom. The molecule has 0 radical (unpaired) electrons. The van der Waals surface area contributed by atoms with E-state index in [2.05, 4.69) is 20.3 Å². The summed E-state index contributed by atoms with van der Waals surface area (Å²) in [4.78, 5) is 13.3. The Morgan fingerprint density at radius 2 is 1.95 bits per heavy atom. The van der Waals surface area contributed by atoms with Crippen LogP contribution in [0.2, 0.25) is 0 Å². The van der Waals surface area contributed by atoms with Gasteiger partial charge >= 0.3 is 5.97 Å². The number of esters is 1. The van der Waals surface area contributed by atoms with Gasteiger partial charge in [0.15, 0.2) is 5.11 Å². The Hall–Kier alpha value is -1.71. The van der Waals surface area contributed by atoms with Gasteiger partial charge in [-0.25, -0.2) is 8.42 Å². The number of rotatable bonds is 6. The Morgan fingerprint density at radius 1 is 1.30 bits per heavy atom. The fourth-order valence-electron chi connectivity index (χ4n) is 1.18. The quantitative estimate of drug-likeness (QED) is 0.383. The number of thiocarbonyl (C=S) groups is 1. The van der Waals surface area contributed by atoms with Gasteiger partial charge in [0.05, 0.1) is 11.5 Å². The monoisotopic (exact) mass is 317 g/mol. The number of carbonyl (C=O) groups is 1. The second kappa shape index (κ2) is 7.78. The van der Waals surface area contributed by atoms with Crippen molar-refractivity contribution in [2.24, 2.45) is 0 Å². The summed E-state index contributed by atoms with van der Waals surface area (Å²) in [6.45, 7) is 1.80. The van der Waals surface area contributed by atoms with Crippen LogP contribution in [0, 0.1) is 0 Å². The third kappa shape index (κ3) is 5.51. The van der Waals surface area contributed by atoms with Crippen molar-refractivity contribution in [3.63, 3.8) is 0 Å². The highest BCUT2D eigenvalue weighted by Crippen LogP contribution is 2.05. The van der Waals surface area contributed by atoms with Gasteiger partial charge in [0.25, 0.3) is 10.0 Å². The van der Waals surface area contributed by atoms with Crippen molar-refractivity contribution in [2.75, 3.05) is 13.2 Å². The van der Waals surface area contributed by atoms with Crippen molar-refractivity contribution < 1.29 is 17.9 Å². The third-order valence-corrected chi connectivity index (χ3v) is 3.56. The van der Waals surface area contributed by atoms with E-state index in [4.69, 9.17) is 12.2 Å². The first-order chi connectivity index (χ1) is 9.45. The minimum Gasteiger partial charge on any atom is -0.465 e. The first-order valence-corrected chi connectivity index (χ1v) is 7.61. The van der Waals surface area contributed by atoms with E-state index < -0.39 is 16.0 Å². The molecule has 3 N–H and O–H groups in total. The van der Waals surface area contributed by atoms with Crippen LogP contribution in [-0.4, -0.2) is 32.7 Å². The maximum atomic E-state index is 11.8. The van der Waals surface area contributed by atoms with Crippen LogP contribution in [0.25, 0.3) is 0 Å². The summed E-state index contributed by atoms with van der Waals surface area (Å²) in [6, 6.07) is 7.80. The number of ether oxygens (including phenoxy) is 1. The van der Waals surface area contributed by atoms with E-state index in [-0.39, 0.29) is 23.2 Å². The van der Waals surface area contributed by atoms with E-state index in [1.165, 1.54) is 12.1 Å². The molecule has 1 rings (SSSR count). The number of hydrogen-bond acceptors (Lipinski definition) is 5. The van der Waals surface area contributed by atoms with E-state index in [1.807, 2.05) is 0 Å². The summed E-state index contributed by atoms with van der Waals surface area (Å²) in [6.07, 6.45) is 0. The van der Waals surface area contributed by atoms with E-state index >= 15 is 0 Å². The predicted molar refractivity (Wildman–Crippen MR) is 77.1 cm³/mol. The lowest BCUT2D eigenvalue weighted by molar-refractivity contribution is -0.141. The fraction of sp³-hybridized carbons (Fsp3) is 0.273. The average Bonchev–Trinajstić information content (AvgIpc) is 2.44. The molecule has 0 aliphatic heterocycles. The molecule has 0 aromatic heterocycles. The molecule has 0 amide bonds. The van der Waals surface area contributed by atoms with E-state index in [9.17, 15) is 13.2 Å². The van der Waals surface area contributed by atoms with Crippen LogP contribution < -0.4 is 15.6 Å². The summed E-state index contributed by atoms with van der Waals surface area (Å²) in [7, 11) is -3.71. The molecule has 9 heteroatoms. The standard InChI is InChI=1S/C11H15N3O4S2/c1-2-18-10(15)8-12-11(19)13-14-20(16,17)9-6-4-3-5-7-9/h3-7,14H,2,8H2,1H3,(H2,12,13,19). The number of benzene rings is 1. The van der Waals surface area contributed by atoms with Gasteiger partial charge < -0.3 is 10.1 Å².